The molecule has 0 saturated heterocycles. The first-order valence-electron chi connectivity index (χ1n) is 10.6. The largest absolute Gasteiger partial charge is 0.375 e. The number of amides is 4. The molecule has 8 heteroatoms. The zero-order valence-electron chi connectivity index (χ0n) is 19.2. The van der Waals surface area contributed by atoms with Crippen molar-refractivity contribution in [2.75, 3.05) is 26.2 Å². The molecule has 1 aliphatic rings. The minimum absolute atomic E-state index is 0.0232. The number of ether oxygens (including phenoxy) is 1. The van der Waals surface area contributed by atoms with Crippen molar-refractivity contribution in [3.63, 3.8) is 0 Å². The molecule has 0 unspecified atom stereocenters. The van der Waals surface area contributed by atoms with E-state index >= 15 is 0 Å². The molecular weight excluding hydrogens is 386 g/mol. The molecule has 8 nitrogen and oxygen atoms in total. The van der Waals surface area contributed by atoms with Crippen LogP contribution in [0, 0.1) is 11.3 Å². The third kappa shape index (κ3) is 9.07. The predicted octanol–water partition coefficient (Wildman–Crippen LogP) is 1.79. The zero-order chi connectivity index (χ0) is 22.9. The quantitative estimate of drug-likeness (QED) is 0.440. The summed E-state index contributed by atoms with van der Waals surface area (Å²) in [5, 5.41) is 5.75. The fourth-order valence-corrected chi connectivity index (χ4v) is 2.76. The van der Waals surface area contributed by atoms with Crippen molar-refractivity contribution >= 4 is 23.6 Å². The standard InChI is InChI=1S/C22H37N3O5/c1-16(2)15-24-20(29)21(3,4)11-14-30-22(5,6)10-12-23-17(26)9-13-25-18(27)7-8-19(25)28/h7-8,16H,9-15H2,1-6H3,(H,23,26)(H,24,29). The second-order valence-corrected chi connectivity index (χ2v) is 9.36. The molecule has 4 amide bonds. The van der Waals surface area contributed by atoms with Crippen LogP contribution in [0.1, 0.15) is 60.8 Å². The molecule has 0 radical (unpaired) electrons. The van der Waals surface area contributed by atoms with Crippen LogP contribution in [0.3, 0.4) is 0 Å². The second-order valence-electron chi connectivity index (χ2n) is 9.36. The first-order valence-corrected chi connectivity index (χ1v) is 10.6. The van der Waals surface area contributed by atoms with Crippen LogP contribution >= 0.6 is 0 Å². The average Bonchev–Trinajstić information content (AvgIpc) is 2.95. The van der Waals surface area contributed by atoms with Gasteiger partial charge in [0.05, 0.1) is 5.60 Å². The van der Waals surface area contributed by atoms with Crippen LogP contribution in [-0.2, 0) is 23.9 Å². The highest BCUT2D eigenvalue weighted by molar-refractivity contribution is 6.13. The summed E-state index contributed by atoms with van der Waals surface area (Å²) in [6, 6.07) is 0. The highest BCUT2D eigenvalue weighted by Gasteiger charge is 2.29. The van der Waals surface area contributed by atoms with Gasteiger partial charge in [-0.1, -0.05) is 27.7 Å². The Morgan fingerprint density at radius 1 is 1.03 bits per heavy atom. The minimum atomic E-state index is -0.515. The van der Waals surface area contributed by atoms with E-state index in [0.29, 0.717) is 38.5 Å². The smallest absolute Gasteiger partial charge is 0.253 e. The zero-order valence-corrected chi connectivity index (χ0v) is 19.2. The number of rotatable bonds is 13. The summed E-state index contributed by atoms with van der Waals surface area (Å²) in [6.07, 6.45) is 3.67. The van der Waals surface area contributed by atoms with Crippen LogP contribution < -0.4 is 10.6 Å². The average molecular weight is 424 g/mol. The molecule has 1 aliphatic heterocycles. The topological polar surface area (TPSA) is 105 Å². The van der Waals surface area contributed by atoms with Crippen molar-refractivity contribution in [2.24, 2.45) is 11.3 Å². The summed E-state index contributed by atoms with van der Waals surface area (Å²) in [7, 11) is 0. The Kier molecular flexibility index (Phi) is 9.68. The Morgan fingerprint density at radius 3 is 2.20 bits per heavy atom. The van der Waals surface area contributed by atoms with Gasteiger partial charge in [-0.2, -0.15) is 0 Å². The first-order chi connectivity index (χ1) is 13.8. The van der Waals surface area contributed by atoms with Gasteiger partial charge in [0.15, 0.2) is 0 Å². The molecule has 0 spiro atoms. The highest BCUT2D eigenvalue weighted by atomic mass is 16.5. The predicted molar refractivity (Wildman–Crippen MR) is 114 cm³/mol. The maximum absolute atomic E-state index is 12.3. The highest BCUT2D eigenvalue weighted by Crippen LogP contribution is 2.23. The Balaban J connectivity index is 2.26. The molecule has 0 aromatic carbocycles. The SMILES string of the molecule is CC(C)CNC(=O)C(C)(C)CCOC(C)(C)CCNC(=O)CCN1C(=O)C=CC1=O. The van der Waals surface area contributed by atoms with Crippen LogP contribution in [0.25, 0.3) is 0 Å². The molecule has 0 saturated carbocycles. The minimum Gasteiger partial charge on any atom is -0.375 e. The van der Waals surface area contributed by atoms with Crippen molar-refractivity contribution < 1.29 is 23.9 Å². The third-order valence-electron chi connectivity index (χ3n) is 5.02. The summed E-state index contributed by atoms with van der Waals surface area (Å²) in [5.74, 6) is -0.564. The molecule has 2 N–H and O–H groups in total. The number of nitrogens with one attached hydrogen (secondary N) is 2. The van der Waals surface area contributed by atoms with Gasteiger partial charge in [-0.3, -0.25) is 24.1 Å². The summed E-state index contributed by atoms with van der Waals surface area (Å²) in [4.78, 5) is 48.2. The molecule has 170 valence electrons. The molecule has 1 heterocycles. The monoisotopic (exact) mass is 423 g/mol. The Hall–Kier alpha value is -2.22. The van der Waals surface area contributed by atoms with Gasteiger partial charge in [-0.15, -0.1) is 0 Å². The van der Waals surface area contributed by atoms with E-state index in [9.17, 15) is 19.2 Å². The third-order valence-corrected chi connectivity index (χ3v) is 5.02. The Morgan fingerprint density at radius 2 is 1.63 bits per heavy atom. The fraction of sp³-hybridized carbons (Fsp3) is 0.727. The van der Waals surface area contributed by atoms with E-state index in [2.05, 4.69) is 24.5 Å². The molecule has 0 atom stereocenters. The van der Waals surface area contributed by atoms with E-state index in [1.807, 2.05) is 27.7 Å². The summed E-state index contributed by atoms with van der Waals surface area (Å²) >= 11 is 0. The lowest BCUT2D eigenvalue weighted by molar-refractivity contribution is -0.137. The molecular formula is C22H37N3O5. The molecule has 0 bridgehead atoms. The molecule has 1 rings (SSSR count). The van der Waals surface area contributed by atoms with E-state index in [4.69, 9.17) is 4.74 Å². The van der Waals surface area contributed by atoms with E-state index in [0.717, 1.165) is 4.90 Å². The van der Waals surface area contributed by atoms with Crippen molar-refractivity contribution in [3.05, 3.63) is 12.2 Å². The maximum Gasteiger partial charge on any atom is 0.253 e. The molecule has 0 aromatic rings. The molecule has 30 heavy (non-hydrogen) atoms. The van der Waals surface area contributed by atoms with Crippen LogP contribution in [-0.4, -0.2) is 60.4 Å². The number of hydrogen-bond acceptors (Lipinski definition) is 5. The Bertz CT molecular complexity index is 650. The van der Waals surface area contributed by atoms with E-state index in [-0.39, 0.29) is 36.6 Å². The first kappa shape index (κ1) is 25.8. The van der Waals surface area contributed by atoms with Gasteiger partial charge in [0.25, 0.3) is 11.8 Å². The van der Waals surface area contributed by atoms with Gasteiger partial charge in [0.2, 0.25) is 11.8 Å². The fourth-order valence-electron chi connectivity index (χ4n) is 2.76. The number of carbonyl (C=O) groups excluding carboxylic acids is 4. The van der Waals surface area contributed by atoms with Crippen LogP contribution in [0.15, 0.2) is 12.2 Å². The van der Waals surface area contributed by atoms with Crippen LogP contribution in [0.4, 0.5) is 0 Å². The molecule has 0 aliphatic carbocycles. The van der Waals surface area contributed by atoms with Crippen molar-refractivity contribution in [2.45, 2.75) is 66.4 Å². The normalized spacial score (nSPS) is 14.6. The van der Waals surface area contributed by atoms with Gasteiger partial charge >= 0.3 is 0 Å². The van der Waals surface area contributed by atoms with E-state index < -0.39 is 11.0 Å². The van der Waals surface area contributed by atoms with Gasteiger partial charge in [-0.25, -0.2) is 0 Å². The molecule has 0 aromatic heterocycles. The van der Waals surface area contributed by atoms with Crippen molar-refractivity contribution in [3.8, 4) is 0 Å². The van der Waals surface area contributed by atoms with Crippen LogP contribution in [0.2, 0.25) is 0 Å². The summed E-state index contributed by atoms with van der Waals surface area (Å²) in [6.45, 7) is 13.4. The maximum atomic E-state index is 12.3. The van der Waals surface area contributed by atoms with E-state index in [1.165, 1.54) is 12.2 Å². The molecule has 0 fully saturated rings. The lowest BCUT2D eigenvalue weighted by atomic mass is 9.88. The number of hydrogen-bond donors (Lipinski definition) is 2. The van der Waals surface area contributed by atoms with Crippen molar-refractivity contribution in [1.29, 1.82) is 0 Å². The van der Waals surface area contributed by atoms with Gasteiger partial charge in [-0.05, 0) is 32.6 Å². The van der Waals surface area contributed by atoms with E-state index in [1.54, 1.807) is 0 Å². The Labute approximate surface area is 179 Å². The van der Waals surface area contributed by atoms with Gasteiger partial charge < -0.3 is 15.4 Å². The number of imide groups is 1. The van der Waals surface area contributed by atoms with Gasteiger partial charge in [0, 0.05) is 50.2 Å². The lowest BCUT2D eigenvalue weighted by Crippen LogP contribution is -2.40. The van der Waals surface area contributed by atoms with Crippen LogP contribution in [0.5, 0.6) is 0 Å². The lowest BCUT2D eigenvalue weighted by Gasteiger charge is -2.29. The van der Waals surface area contributed by atoms with Gasteiger partial charge in [0.1, 0.15) is 0 Å². The second kappa shape index (κ2) is 11.2. The number of carbonyl (C=O) groups is 4. The number of nitrogens with zero attached hydrogens (tertiary/aromatic N) is 1. The summed E-state index contributed by atoms with van der Waals surface area (Å²) in [5.41, 5.74) is -0.971. The summed E-state index contributed by atoms with van der Waals surface area (Å²) < 4.78 is 5.96. The van der Waals surface area contributed by atoms with Crippen molar-refractivity contribution in [1.82, 2.24) is 15.5 Å².